The predicted octanol–water partition coefficient (Wildman–Crippen LogP) is 0.309. The van der Waals surface area contributed by atoms with E-state index in [1.54, 1.807) is 13.8 Å². The summed E-state index contributed by atoms with van der Waals surface area (Å²) in [6, 6.07) is 1.47. The van der Waals surface area contributed by atoms with Gasteiger partial charge < -0.3 is 9.47 Å². The maximum Gasteiger partial charge on any atom is 0.244 e. The smallest absolute Gasteiger partial charge is 0.244 e. The zero-order chi connectivity index (χ0) is 16.2. The van der Waals surface area contributed by atoms with Crippen molar-refractivity contribution in [2.45, 2.75) is 19.8 Å². The van der Waals surface area contributed by atoms with Crippen LogP contribution in [0.4, 0.5) is 0 Å². The molecule has 1 amide bonds. The molecule has 0 radical (unpaired) electrons. The summed E-state index contributed by atoms with van der Waals surface area (Å²) >= 11 is 0. The van der Waals surface area contributed by atoms with Crippen molar-refractivity contribution in [3.8, 4) is 11.8 Å². The molecular weight excluding hydrogens is 298 g/mol. The van der Waals surface area contributed by atoms with Crippen LogP contribution in [0.25, 0.3) is 0 Å². The van der Waals surface area contributed by atoms with Crippen LogP contribution in [0.15, 0.2) is 6.07 Å². The zero-order valence-corrected chi connectivity index (χ0v) is 13.4. The lowest BCUT2D eigenvalue weighted by Gasteiger charge is -2.19. The third-order valence-corrected chi connectivity index (χ3v) is 3.20. The highest BCUT2D eigenvalue weighted by molar-refractivity contribution is 7.89. The van der Waals surface area contributed by atoms with Crippen molar-refractivity contribution in [3.05, 3.63) is 11.9 Å². The number of amides is 1. The summed E-state index contributed by atoms with van der Waals surface area (Å²) in [5.74, 6) is -1.15. The van der Waals surface area contributed by atoms with Gasteiger partial charge in [0, 0.05) is 0 Å². The molecule has 1 aromatic rings. The maximum atomic E-state index is 12.1. The van der Waals surface area contributed by atoms with Gasteiger partial charge in [-0.25, -0.2) is 8.42 Å². The Balaban J connectivity index is 3.25. The third-order valence-electron chi connectivity index (χ3n) is 2.63. The fourth-order valence-electron chi connectivity index (χ4n) is 1.73. The fourth-order valence-corrected chi connectivity index (χ4v) is 2.23. The molecule has 0 fully saturated rings. The van der Waals surface area contributed by atoms with Crippen LogP contribution < -0.4 is 14.2 Å². The van der Waals surface area contributed by atoms with E-state index in [1.165, 1.54) is 20.3 Å². The number of ether oxygens (including phenoxy) is 2. The summed E-state index contributed by atoms with van der Waals surface area (Å²) in [5.41, 5.74) is 0. The number of sulfonamides is 1. The van der Waals surface area contributed by atoms with Crippen molar-refractivity contribution in [1.29, 1.82) is 0 Å². The Morgan fingerprint density at radius 2 is 1.67 bits per heavy atom. The number of nitrogens with zero attached hydrogens (tertiary/aromatic N) is 2. The number of rotatable bonds is 6. The third kappa shape index (κ3) is 4.85. The van der Waals surface area contributed by atoms with Crippen molar-refractivity contribution in [2.75, 3.05) is 20.5 Å². The van der Waals surface area contributed by atoms with Gasteiger partial charge in [0.05, 0.1) is 26.5 Å². The number of aromatic nitrogens is 2. The number of nitrogens with one attached hydrogen (secondary N) is 1. The Morgan fingerprint density at radius 1 is 1.19 bits per heavy atom. The molecule has 1 unspecified atom stereocenters. The van der Waals surface area contributed by atoms with Gasteiger partial charge in [-0.05, 0) is 5.92 Å². The van der Waals surface area contributed by atoms with Crippen molar-refractivity contribution in [2.24, 2.45) is 5.92 Å². The normalized spacial score (nSPS) is 12.9. The topological polar surface area (TPSA) is 107 Å². The van der Waals surface area contributed by atoms with Gasteiger partial charge in [0.25, 0.3) is 0 Å². The van der Waals surface area contributed by atoms with E-state index in [0.717, 1.165) is 6.26 Å². The van der Waals surface area contributed by atoms with Gasteiger partial charge in [-0.1, -0.05) is 13.8 Å². The molecule has 0 saturated carbocycles. The molecule has 8 nitrogen and oxygen atoms in total. The highest BCUT2D eigenvalue weighted by atomic mass is 32.2. The molecule has 1 aromatic heterocycles. The molecule has 0 saturated heterocycles. The van der Waals surface area contributed by atoms with Crippen molar-refractivity contribution >= 4 is 15.9 Å². The monoisotopic (exact) mass is 317 g/mol. The second-order valence-electron chi connectivity index (χ2n) is 4.77. The maximum absolute atomic E-state index is 12.1. The second-order valence-corrected chi connectivity index (χ2v) is 6.52. The molecule has 118 valence electrons. The Labute approximate surface area is 123 Å². The van der Waals surface area contributed by atoms with Crippen LogP contribution in [0.1, 0.15) is 25.6 Å². The van der Waals surface area contributed by atoms with Crippen LogP contribution >= 0.6 is 0 Å². The van der Waals surface area contributed by atoms with Gasteiger partial charge >= 0.3 is 0 Å². The fraction of sp³-hybridized carbons (Fsp3) is 0.583. The molecular formula is C12H19N3O5S. The van der Waals surface area contributed by atoms with Crippen LogP contribution in [0, 0.1) is 5.92 Å². The lowest BCUT2D eigenvalue weighted by atomic mass is 9.94. The lowest BCUT2D eigenvalue weighted by Crippen LogP contribution is -2.36. The summed E-state index contributed by atoms with van der Waals surface area (Å²) in [7, 11) is -0.813. The van der Waals surface area contributed by atoms with Crippen LogP contribution in [-0.4, -0.2) is 44.8 Å². The Kier molecular flexibility index (Phi) is 5.47. The molecule has 1 heterocycles. The van der Waals surface area contributed by atoms with E-state index < -0.39 is 21.8 Å². The van der Waals surface area contributed by atoms with E-state index in [2.05, 4.69) is 9.97 Å². The first kappa shape index (κ1) is 17.2. The van der Waals surface area contributed by atoms with Crippen LogP contribution in [0.5, 0.6) is 11.8 Å². The molecule has 1 N–H and O–H groups in total. The summed E-state index contributed by atoms with van der Waals surface area (Å²) in [5, 5.41) is 0. The summed E-state index contributed by atoms with van der Waals surface area (Å²) in [6.45, 7) is 3.53. The molecule has 9 heteroatoms. The van der Waals surface area contributed by atoms with Crippen molar-refractivity contribution < 1.29 is 22.7 Å². The first-order chi connectivity index (χ1) is 9.67. The number of hydrogen-bond acceptors (Lipinski definition) is 7. The molecule has 1 atom stereocenters. The highest BCUT2D eigenvalue weighted by Crippen LogP contribution is 2.26. The number of carbonyl (C=O) groups excluding carboxylic acids is 1. The Bertz CT molecular complexity index is 593. The number of methoxy groups -OCH3 is 2. The molecule has 0 aliphatic carbocycles. The molecule has 0 spiro atoms. The van der Waals surface area contributed by atoms with Crippen LogP contribution in [-0.2, 0) is 14.8 Å². The van der Waals surface area contributed by atoms with E-state index >= 15 is 0 Å². The average Bonchev–Trinajstić information content (AvgIpc) is 2.35. The van der Waals surface area contributed by atoms with E-state index in [0.29, 0.717) is 0 Å². The number of carbonyl (C=O) groups is 1. The van der Waals surface area contributed by atoms with Crippen molar-refractivity contribution in [1.82, 2.24) is 14.7 Å². The minimum Gasteiger partial charge on any atom is -0.481 e. The molecule has 1 rings (SSSR count). The van der Waals surface area contributed by atoms with E-state index in [1.807, 2.05) is 4.72 Å². The molecule has 0 aliphatic rings. The summed E-state index contributed by atoms with van der Waals surface area (Å²) < 4.78 is 34.4. The SMILES string of the molecule is COc1cc(OC)nc(C(C(=O)NS(C)(=O)=O)C(C)C)n1. The van der Waals surface area contributed by atoms with Gasteiger partial charge in [-0.2, -0.15) is 9.97 Å². The first-order valence-electron chi connectivity index (χ1n) is 6.16. The second kappa shape index (κ2) is 6.70. The highest BCUT2D eigenvalue weighted by Gasteiger charge is 2.30. The van der Waals surface area contributed by atoms with E-state index in [9.17, 15) is 13.2 Å². The zero-order valence-electron chi connectivity index (χ0n) is 12.6. The summed E-state index contributed by atoms with van der Waals surface area (Å²) in [4.78, 5) is 20.4. The quantitative estimate of drug-likeness (QED) is 0.804. The van der Waals surface area contributed by atoms with Gasteiger partial charge in [-0.15, -0.1) is 0 Å². The summed E-state index contributed by atoms with van der Waals surface area (Å²) in [6.07, 6.45) is 0.912. The van der Waals surface area contributed by atoms with Gasteiger partial charge in [-0.3, -0.25) is 9.52 Å². The Morgan fingerprint density at radius 3 is 2.00 bits per heavy atom. The van der Waals surface area contributed by atoms with Gasteiger partial charge in [0.15, 0.2) is 0 Å². The standard InChI is InChI=1S/C12H19N3O5S/c1-7(2)10(12(16)15-21(5,17)18)11-13-8(19-3)6-9(14-11)20-4/h6-7,10H,1-5H3,(H,15,16). The largest absolute Gasteiger partial charge is 0.481 e. The molecule has 0 bridgehead atoms. The van der Waals surface area contributed by atoms with Gasteiger partial charge in [0.2, 0.25) is 27.7 Å². The van der Waals surface area contributed by atoms with E-state index in [-0.39, 0.29) is 23.5 Å². The number of hydrogen-bond donors (Lipinski definition) is 1. The van der Waals surface area contributed by atoms with Crippen molar-refractivity contribution in [3.63, 3.8) is 0 Å². The lowest BCUT2D eigenvalue weighted by molar-refractivity contribution is -0.121. The van der Waals surface area contributed by atoms with Crippen LogP contribution in [0.3, 0.4) is 0 Å². The van der Waals surface area contributed by atoms with E-state index in [4.69, 9.17) is 9.47 Å². The molecule has 0 aromatic carbocycles. The van der Waals surface area contributed by atoms with Gasteiger partial charge in [0.1, 0.15) is 11.7 Å². The first-order valence-corrected chi connectivity index (χ1v) is 8.05. The van der Waals surface area contributed by atoms with Crippen LogP contribution in [0.2, 0.25) is 0 Å². The average molecular weight is 317 g/mol. The minimum absolute atomic E-state index is 0.141. The molecule has 0 aliphatic heterocycles. The minimum atomic E-state index is -3.66. The predicted molar refractivity (Wildman–Crippen MR) is 75.7 cm³/mol. The Hall–Kier alpha value is -1.90. The molecule has 21 heavy (non-hydrogen) atoms.